The number of para-hydroxylation sites is 1. The minimum absolute atomic E-state index is 0.00347. The lowest BCUT2D eigenvalue weighted by atomic mass is 9.88. The lowest BCUT2D eigenvalue weighted by Crippen LogP contribution is -2.41. The lowest BCUT2D eigenvalue weighted by molar-refractivity contribution is -0.118. The third-order valence-corrected chi connectivity index (χ3v) is 7.36. The summed E-state index contributed by atoms with van der Waals surface area (Å²) in [5, 5.41) is 6.18. The second-order valence-corrected chi connectivity index (χ2v) is 10.5. The molecule has 0 aromatic heterocycles. The van der Waals surface area contributed by atoms with E-state index in [0.717, 1.165) is 48.6 Å². The fraction of sp³-hybridized carbons (Fsp3) is 0.441. The summed E-state index contributed by atoms with van der Waals surface area (Å²) in [4.78, 5) is 11.2. The average molecular weight is 595 g/mol. The maximum absolute atomic E-state index is 13.9. The summed E-state index contributed by atoms with van der Waals surface area (Å²) in [5.41, 5.74) is 3.09. The largest absolute Gasteiger partial charge is 0.496 e. The number of hydrogen-bond acceptors (Lipinski definition) is 7. The summed E-state index contributed by atoms with van der Waals surface area (Å²) >= 11 is 0. The van der Waals surface area contributed by atoms with Crippen LogP contribution < -0.4 is 24.8 Å². The van der Waals surface area contributed by atoms with Crippen LogP contribution in [0.15, 0.2) is 66.7 Å². The zero-order chi connectivity index (χ0) is 30.3. The molecule has 43 heavy (non-hydrogen) atoms. The fourth-order valence-corrected chi connectivity index (χ4v) is 5.15. The molecule has 0 bridgehead atoms. The highest BCUT2D eigenvalue weighted by atomic mass is 19.1. The molecule has 0 radical (unpaired) electrons. The summed E-state index contributed by atoms with van der Waals surface area (Å²) in [5.74, 6) is 1.94. The molecule has 1 saturated heterocycles. The van der Waals surface area contributed by atoms with E-state index < -0.39 is 0 Å². The zero-order valence-electron chi connectivity index (χ0n) is 25.1. The first kappa shape index (κ1) is 32.3. The third kappa shape index (κ3) is 10.5. The van der Waals surface area contributed by atoms with Crippen molar-refractivity contribution < 1.29 is 32.9 Å². The molecule has 1 aliphatic rings. The first-order valence-corrected chi connectivity index (χ1v) is 14.9. The van der Waals surface area contributed by atoms with E-state index in [-0.39, 0.29) is 23.7 Å². The van der Waals surface area contributed by atoms with Crippen molar-refractivity contribution in [1.82, 2.24) is 10.6 Å². The Bertz CT molecular complexity index is 1270. The number of benzene rings is 3. The first-order valence-electron chi connectivity index (χ1n) is 14.9. The van der Waals surface area contributed by atoms with E-state index in [1.165, 1.54) is 24.6 Å². The molecule has 0 saturated carbocycles. The number of piperidine rings is 1. The Morgan fingerprint density at radius 3 is 2.60 bits per heavy atom. The van der Waals surface area contributed by atoms with Gasteiger partial charge >= 0.3 is 0 Å². The van der Waals surface area contributed by atoms with Crippen LogP contribution in [0.5, 0.6) is 17.2 Å². The van der Waals surface area contributed by atoms with Crippen molar-refractivity contribution in [3.05, 3.63) is 89.2 Å². The monoisotopic (exact) mass is 594 g/mol. The van der Waals surface area contributed by atoms with Crippen LogP contribution in [0.2, 0.25) is 0 Å². The van der Waals surface area contributed by atoms with E-state index in [4.69, 9.17) is 23.7 Å². The van der Waals surface area contributed by atoms with Crippen molar-refractivity contribution in [3.63, 3.8) is 0 Å². The van der Waals surface area contributed by atoms with Gasteiger partial charge in [0.1, 0.15) is 29.7 Å². The predicted octanol–water partition coefficient (Wildman–Crippen LogP) is 5.04. The maximum Gasteiger partial charge on any atom is 0.216 e. The van der Waals surface area contributed by atoms with Gasteiger partial charge in [-0.15, -0.1) is 0 Å². The van der Waals surface area contributed by atoms with Gasteiger partial charge in [0.25, 0.3) is 0 Å². The quantitative estimate of drug-likeness (QED) is 0.212. The maximum atomic E-state index is 13.9. The first-order chi connectivity index (χ1) is 21.0. The van der Waals surface area contributed by atoms with Crippen LogP contribution in [0.25, 0.3) is 0 Å². The molecule has 9 heteroatoms. The van der Waals surface area contributed by atoms with Crippen molar-refractivity contribution in [2.75, 3.05) is 53.2 Å². The highest BCUT2D eigenvalue weighted by Crippen LogP contribution is 2.29. The van der Waals surface area contributed by atoms with Gasteiger partial charge in [-0.05, 0) is 54.8 Å². The zero-order valence-corrected chi connectivity index (χ0v) is 25.1. The van der Waals surface area contributed by atoms with Gasteiger partial charge in [0.2, 0.25) is 5.91 Å². The number of carbonyl (C=O) groups excluding carboxylic acids is 1. The van der Waals surface area contributed by atoms with Crippen molar-refractivity contribution in [3.8, 4) is 17.2 Å². The van der Waals surface area contributed by atoms with Crippen LogP contribution in [-0.2, 0) is 27.3 Å². The molecule has 0 spiro atoms. The number of carbonyl (C=O) groups is 1. The van der Waals surface area contributed by atoms with E-state index in [2.05, 4.69) is 22.8 Å². The number of methoxy groups -OCH3 is 1. The summed E-state index contributed by atoms with van der Waals surface area (Å²) in [6, 6.07) is 20.6. The van der Waals surface area contributed by atoms with E-state index in [9.17, 15) is 9.18 Å². The van der Waals surface area contributed by atoms with Crippen LogP contribution in [-0.4, -0.2) is 65.2 Å². The number of ether oxygens (including phenoxy) is 5. The molecule has 2 unspecified atom stereocenters. The molecule has 1 aliphatic heterocycles. The van der Waals surface area contributed by atoms with Crippen molar-refractivity contribution in [1.29, 1.82) is 0 Å². The summed E-state index contributed by atoms with van der Waals surface area (Å²) in [6.07, 6.45) is 2.31. The van der Waals surface area contributed by atoms with E-state index in [1.54, 1.807) is 13.2 Å². The fourth-order valence-electron chi connectivity index (χ4n) is 5.15. The lowest BCUT2D eigenvalue weighted by Gasteiger charge is -2.32. The topological polar surface area (TPSA) is 87.3 Å². The molecule has 0 aliphatic carbocycles. The summed E-state index contributed by atoms with van der Waals surface area (Å²) < 4.78 is 43.1. The molecule has 232 valence electrons. The predicted molar refractivity (Wildman–Crippen MR) is 163 cm³/mol. The Kier molecular flexibility index (Phi) is 13.1. The van der Waals surface area contributed by atoms with E-state index >= 15 is 0 Å². The van der Waals surface area contributed by atoms with Crippen molar-refractivity contribution in [2.24, 2.45) is 0 Å². The minimum Gasteiger partial charge on any atom is -0.496 e. The number of rotatable bonds is 17. The summed E-state index contributed by atoms with van der Waals surface area (Å²) in [6.45, 7) is 5.98. The average Bonchev–Trinajstić information content (AvgIpc) is 3.02. The molecule has 3 aromatic carbocycles. The van der Waals surface area contributed by atoms with E-state index in [0.29, 0.717) is 51.7 Å². The molecule has 3 aromatic rings. The van der Waals surface area contributed by atoms with Gasteiger partial charge in [0, 0.05) is 44.0 Å². The molecule has 4 rings (SSSR count). The molecule has 1 amide bonds. The third-order valence-electron chi connectivity index (χ3n) is 7.36. The summed E-state index contributed by atoms with van der Waals surface area (Å²) in [7, 11) is 1.66. The van der Waals surface area contributed by atoms with Gasteiger partial charge in [0.15, 0.2) is 0 Å². The molecule has 2 N–H and O–H groups in total. The molecule has 2 atom stereocenters. The molecular formula is C34H43FN2O6. The Balaban J connectivity index is 1.18. The Morgan fingerprint density at radius 2 is 1.79 bits per heavy atom. The van der Waals surface area contributed by atoms with Gasteiger partial charge < -0.3 is 34.3 Å². The Labute approximate surface area is 253 Å². The second kappa shape index (κ2) is 17.5. The minimum atomic E-state index is -0.361. The molecule has 1 fully saturated rings. The van der Waals surface area contributed by atoms with Crippen LogP contribution in [0, 0.1) is 5.82 Å². The number of hydrogen-bond donors (Lipinski definition) is 2. The van der Waals surface area contributed by atoms with Gasteiger partial charge in [-0.2, -0.15) is 0 Å². The second-order valence-electron chi connectivity index (χ2n) is 10.5. The number of halogens is 1. The molecular weight excluding hydrogens is 551 g/mol. The van der Waals surface area contributed by atoms with Gasteiger partial charge in [-0.25, -0.2) is 4.39 Å². The smallest absolute Gasteiger partial charge is 0.216 e. The van der Waals surface area contributed by atoms with Crippen LogP contribution in [0.4, 0.5) is 4.39 Å². The Morgan fingerprint density at radius 1 is 0.953 bits per heavy atom. The van der Waals surface area contributed by atoms with Gasteiger partial charge in [-0.3, -0.25) is 4.79 Å². The van der Waals surface area contributed by atoms with Crippen molar-refractivity contribution in [2.45, 2.75) is 44.8 Å². The number of amides is 1. The molecule has 8 nitrogen and oxygen atoms in total. The number of nitrogens with one attached hydrogen (secondary N) is 2. The van der Waals surface area contributed by atoms with Gasteiger partial charge in [0.05, 0.1) is 39.6 Å². The Hall–Kier alpha value is -3.66. The highest BCUT2D eigenvalue weighted by molar-refractivity contribution is 5.72. The standard InChI is InChI=1S/C34H43FN2O6/c1-25(38)37-17-14-27-8-11-29(35)22-33(27)42-20-21-43-34-23-36-16-15-31(34)26-9-12-30(13-10-26)41-19-5-18-40-24-28-6-3-4-7-32(28)39-2/h3-4,6-13,22,31,34,36H,5,14-21,23-24H2,1-2H3,(H,37,38). The van der Waals surface area contributed by atoms with Crippen LogP contribution in [0.1, 0.15) is 42.4 Å². The van der Waals surface area contributed by atoms with Crippen LogP contribution in [0.3, 0.4) is 0 Å². The van der Waals surface area contributed by atoms with Crippen LogP contribution >= 0.6 is 0 Å². The van der Waals surface area contributed by atoms with Gasteiger partial charge in [-0.1, -0.05) is 36.4 Å². The van der Waals surface area contributed by atoms with E-state index in [1.807, 2.05) is 36.4 Å². The highest BCUT2D eigenvalue weighted by Gasteiger charge is 2.27. The SMILES string of the molecule is COc1ccccc1COCCCOc1ccc(C2CCNCC2OCCOc2cc(F)ccc2CCNC(C)=O)cc1. The normalized spacial score (nSPS) is 16.4. The van der Waals surface area contributed by atoms with Crippen molar-refractivity contribution >= 4 is 5.91 Å². The molecule has 1 heterocycles.